The zero-order valence-corrected chi connectivity index (χ0v) is 12.3. The molecular weight excluding hydrogens is 337 g/mol. The molecule has 2 rings (SSSR count). The summed E-state index contributed by atoms with van der Waals surface area (Å²) >= 11 is 15.3. The van der Waals surface area contributed by atoms with Crippen molar-refractivity contribution in [1.29, 1.82) is 0 Å². The lowest BCUT2D eigenvalue weighted by molar-refractivity contribution is 0.0993. The van der Waals surface area contributed by atoms with Gasteiger partial charge in [-0.1, -0.05) is 29.3 Å². The van der Waals surface area contributed by atoms with Crippen LogP contribution >= 0.6 is 39.1 Å². The lowest BCUT2D eigenvalue weighted by Gasteiger charge is -2.06. The van der Waals surface area contributed by atoms with Gasteiger partial charge in [0, 0.05) is 23.3 Å². The Balaban J connectivity index is 2.28. The van der Waals surface area contributed by atoms with E-state index in [0.29, 0.717) is 15.6 Å². The molecule has 1 aromatic carbocycles. The van der Waals surface area contributed by atoms with Crippen LogP contribution in [0.2, 0.25) is 10.0 Å². The highest BCUT2D eigenvalue weighted by Crippen LogP contribution is 2.26. The predicted molar refractivity (Wildman–Crippen MR) is 76.4 cm³/mol. The number of pyridine rings is 1. The van der Waals surface area contributed by atoms with Crippen LogP contribution in [0.15, 0.2) is 41.1 Å². The lowest BCUT2D eigenvalue weighted by Crippen LogP contribution is -2.05. The van der Waals surface area contributed by atoms with Gasteiger partial charge in [-0.25, -0.2) is 0 Å². The standard InChI is InChI=1S/C13H8BrCl2NO/c14-9-4-8(6-17-7-9)5-12(18)13-10(15)2-1-3-11(13)16/h1-4,6-7H,5H2. The molecule has 5 heteroatoms. The van der Waals surface area contributed by atoms with Crippen LogP contribution in [0.25, 0.3) is 0 Å². The first-order chi connectivity index (χ1) is 8.58. The maximum Gasteiger partial charge on any atom is 0.170 e. The average molecular weight is 345 g/mol. The Morgan fingerprint density at radius 3 is 2.50 bits per heavy atom. The molecular formula is C13H8BrCl2NO. The molecule has 0 fully saturated rings. The SMILES string of the molecule is O=C(Cc1cncc(Br)c1)c1c(Cl)cccc1Cl. The van der Waals surface area contributed by atoms with Crippen molar-refractivity contribution in [3.8, 4) is 0 Å². The van der Waals surface area contributed by atoms with Gasteiger partial charge < -0.3 is 0 Å². The van der Waals surface area contributed by atoms with Crippen molar-refractivity contribution in [1.82, 2.24) is 4.98 Å². The quantitative estimate of drug-likeness (QED) is 0.763. The van der Waals surface area contributed by atoms with Gasteiger partial charge in [0.25, 0.3) is 0 Å². The van der Waals surface area contributed by atoms with Crippen LogP contribution in [0.3, 0.4) is 0 Å². The number of benzene rings is 1. The minimum Gasteiger partial charge on any atom is -0.294 e. The summed E-state index contributed by atoms with van der Waals surface area (Å²) < 4.78 is 0.832. The zero-order valence-electron chi connectivity index (χ0n) is 9.16. The second kappa shape index (κ2) is 5.83. The van der Waals surface area contributed by atoms with E-state index in [4.69, 9.17) is 23.2 Å². The molecule has 0 atom stereocenters. The number of halogens is 3. The van der Waals surface area contributed by atoms with Gasteiger partial charge in [0.2, 0.25) is 0 Å². The second-order valence-corrected chi connectivity index (χ2v) is 5.44. The molecule has 0 aliphatic heterocycles. The Hall–Kier alpha value is -0.900. The van der Waals surface area contributed by atoms with E-state index in [1.807, 2.05) is 6.07 Å². The Labute approximate surface area is 123 Å². The highest BCUT2D eigenvalue weighted by atomic mass is 79.9. The van der Waals surface area contributed by atoms with Crippen LogP contribution in [0.4, 0.5) is 0 Å². The molecule has 0 N–H and O–H groups in total. The number of hydrogen-bond acceptors (Lipinski definition) is 2. The average Bonchev–Trinajstić information content (AvgIpc) is 2.28. The van der Waals surface area contributed by atoms with E-state index in [0.717, 1.165) is 10.0 Å². The highest BCUT2D eigenvalue weighted by Gasteiger charge is 2.15. The first-order valence-electron chi connectivity index (χ1n) is 5.14. The largest absolute Gasteiger partial charge is 0.294 e. The highest BCUT2D eigenvalue weighted by molar-refractivity contribution is 9.10. The molecule has 92 valence electrons. The summed E-state index contributed by atoms with van der Waals surface area (Å²) in [7, 11) is 0. The summed E-state index contributed by atoms with van der Waals surface area (Å²) in [5.74, 6) is -0.120. The van der Waals surface area contributed by atoms with E-state index in [2.05, 4.69) is 20.9 Å². The fourth-order valence-corrected chi connectivity index (χ4v) is 2.61. The monoisotopic (exact) mass is 343 g/mol. The molecule has 2 nitrogen and oxygen atoms in total. The fraction of sp³-hybridized carbons (Fsp3) is 0.0769. The van der Waals surface area contributed by atoms with Crippen molar-refractivity contribution in [3.63, 3.8) is 0 Å². The fourth-order valence-electron chi connectivity index (χ4n) is 1.59. The van der Waals surface area contributed by atoms with E-state index in [-0.39, 0.29) is 12.2 Å². The molecule has 0 spiro atoms. The third kappa shape index (κ3) is 3.10. The molecule has 0 radical (unpaired) electrons. The minimum absolute atomic E-state index is 0.120. The topological polar surface area (TPSA) is 30.0 Å². The number of carbonyl (C=O) groups excluding carboxylic acids is 1. The maximum absolute atomic E-state index is 12.2. The van der Waals surface area contributed by atoms with Gasteiger partial charge in [-0.3, -0.25) is 9.78 Å². The molecule has 0 unspecified atom stereocenters. The summed E-state index contributed by atoms with van der Waals surface area (Å²) in [5, 5.41) is 0.742. The number of nitrogens with zero attached hydrogens (tertiary/aromatic N) is 1. The number of carbonyl (C=O) groups is 1. The van der Waals surface area contributed by atoms with Crippen molar-refractivity contribution in [3.05, 3.63) is 62.3 Å². The molecule has 2 aromatic rings. The smallest absolute Gasteiger partial charge is 0.170 e. The van der Waals surface area contributed by atoms with Gasteiger partial charge in [-0.15, -0.1) is 0 Å². The molecule has 1 heterocycles. The number of rotatable bonds is 3. The maximum atomic E-state index is 12.2. The Morgan fingerprint density at radius 1 is 1.22 bits per heavy atom. The number of aromatic nitrogens is 1. The van der Waals surface area contributed by atoms with Gasteiger partial charge >= 0.3 is 0 Å². The van der Waals surface area contributed by atoms with Gasteiger partial charge in [0.1, 0.15) is 0 Å². The summed E-state index contributed by atoms with van der Waals surface area (Å²) in [6.45, 7) is 0. The summed E-state index contributed by atoms with van der Waals surface area (Å²) in [6.07, 6.45) is 3.53. The molecule has 0 bridgehead atoms. The van der Waals surface area contributed by atoms with Gasteiger partial charge in [0.05, 0.1) is 15.6 Å². The molecule has 0 saturated carbocycles. The number of ketones is 1. The van der Waals surface area contributed by atoms with Crippen LogP contribution in [-0.4, -0.2) is 10.8 Å². The van der Waals surface area contributed by atoms with Crippen molar-refractivity contribution in [2.24, 2.45) is 0 Å². The van der Waals surface area contributed by atoms with E-state index in [1.165, 1.54) is 0 Å². The van der Waals surface area contributed by atoms with Crippen molar-refractivity contribution in [2.75, 3.05) is 0 Å². The summed E-state index contributed by atoms with van der Waals surface area (Å²) in [6, 6.07) is 6.86. The minimum atomic E-state index is -0.120. The molecule has 1 aromatic heterocycles. The van der Waals surface area contributed by atoms with Crippen molar-refractivity contribution >= 4 is 44.9 Å². The second-order valence-electron chi connectivity index (χ2n) is 3.71. The molecule has 0 aliphatic carbocycles. The van der Waals surface area contributed by atoms with Crippen LogP contribution < -0.4 is 0 Å². The predicted octanol–water partition coefficient (Wildman–Crippen LogP) is 4.58. The first kappa shape index (κ1) is 13.5. The number of Topliss-reactive ketones (excluding diaryl/α,β-unsaturated/α-hetero) is 1. The first-order valence-corrected chi connectivity index (χ1v) is 6.69. The normalized spacial score (nSPS) is 10.4. The lowest BCUT2D eigenvalue weighted by atomic mass is 10.0. The summed E-state index contributed by atoms with van der Waals surface area (Å²) in [5.41, 5.74) is 1.17. The Bertz CT molecular complexity index is 581. The van der Waals surface area contributed by atoms with Crippen LogP contribution in [0, 0.1) is 0 Å². The third-order valence-electron chi connectivity index (χ3n) is 2.37. The van der Waals surface area contributed by atoms with Crippen LogP contribution in [-0.2, 0) is 6.42 Å². The van der Waals surface area contributed by atoms with Gasteiger partial charge in [0.15, 0.2) is 5.78 Å². The van der Waals surface area contributed by atoms with Crippen LogP contribution in [0.1, 0.15) is 15.9 Å². The van der Waals surface area contributed by atoms with Crippen molar-refractivity contribution < 1.29 is 4.79 Å². The molecule has 0 aliphatic rings. The van der Waals surface area contributed by atoms with E-state index >= 15 is 0 Å². The Kier molecular flexibility index (Phi) is 4.38. The molecule has 0 amide bonds. The third-order valence-corrected chi connectivity index (χ3v) is 3.43. The van der Waals surface area contributed by atoms with Gasteiger partial charge in [-0.2, -0.15) is 0 Å². The Morgan fingerprint density at radius 2 is 1.89 bits per heavy atom. The number of hydrogen-bond donors (Lipinski definition) is 0. The van der Waals surface area contributed by atoms with Crippen molar-refractivity contribution in [2.45, 2.75) is 6.42 Å². The zero-order chi connectivity index (χ0) is 13.1. The molecule has 0 saturated heterocycles. The molecule has 18 heavy (non-hydrogen) atoms. The van der Waals surface area contributed by atoms with E-state index in [1.54, 1.807) is 30.6 Å². The van der Waals surface area contributed by atoms with E-state index in [9.17, 15) is 4.79 Å². The summed E-state index contributed by atoms with van der Waals surface area (Å²) in [4.78, 5) is 16.2. The van der Waals surface area contributed by atoms with Crippen LogP contribution in [0.5, 0.6) is 0 Å². The van der Waals surface area contributed by atoms with E-state index < -0.39 is 0 Å². The van der Waals surface area contributed by atoms with Gasteiger partial charge in [-0.05, 0) is 39.7 Å².